The van der Waals surface area contributed by atoms with Gasteiger partial charge in [0.15, 0.2) is 0 Å². The Morgan fingerprint density at radius 1 is 1.45 bits per heavy atom. The van der Waals surface area contributed by atoms with Gasteiger partial charge in [-0.15, -0.1) is 0 Å². The smallest absolute Gasteiger partial charge is 0.353 e. The van der Waals surface area contributed by atoms with Gasteiger partial charge in [0.25, 0.3) is 5.88 Å². The zero-order valence-corrected chi connectivity index (χ0v) is 12.0. The van der Waals surface area contributed by atoms with Crippen molar-refractivity contribution < 1.29 is 9.66 Å². The lowest BCUT2D eigenvalue weighted by molar-refractivity contribution is -0.386. The first-order valence-electron chi connectivity index (χ1n) is 7.05. The van der Waals surface area contributed by atoms with E-state index in [-0.39, 0.29) is 11.6 Å². The van der Waals surface area contributed by atoms with Gasteiger partial charge in [-0.05, 0) is 38.1 Å². The van der Waals surface area contributed by atoms with E-state index in [0.717, 1.165) is 12.8 Å². The van der Waals surface area contributed by atoms with Crippen LogP contribution in [0.1, 0.15) is 31.4 Å². The molecule has 1 aromatic rings. The number of aromatic nitrogens is 2. The number of ether oxygens (including phenoxy) is 1. The summed E-state index contributed by atoms with van der Waals surface area (Å²) in [7, 11) is 1.66. The largest absolute Gasteiger partial charge is 0.473 e. The van der Waals surface area contributed by atoms with Crippen molar-refractivity contribution in [3.63, 3.8) is 0 Å². The van der Waals surface area contributed by atoms with Crippen molar-refractivity contribution in [2.24, 2.45) is 24.6 Å². The number of nitro groups is 1. The molecule has 1 aliphatic carbocycles. The molecule has 0 aromatic carbocycles. The van der Waals surface area contributed by atoms with Crippen LogP contribution in [0.3, 0.4) is 0 Å². The maximum atomic E-state index is 11.1. The third-order valence-electron chi connectivity index (χ3n) is 4.13. The molecule has 2 unspecified atom stereocenters. The van der Waals surface area contributed by atoms with Gasteiger partial charge in [0.2, 0.25) is 0 Å². The Bertz CT molecular complexity index is 486. The molecule has 1 heterocycles. The van der Waals surface area contributed by atoms with Gasteiger partial charge in [-0.3, -0.25) is 10.1 Å². The van der Waals surface area contributed by atoms with Crippen molar-refractivity contribution >= 4 is 5.69 Å². The predicted molar refractivity (Wildman–Crippen MR) is 74.6 cm³/mol. The third kappa shape index (κ3) is 2.92. The van der Waals surface area contributed by atoms with Gasteiger partial charge in [-0.1, -0.05) is 12.8 Å². The minimum absolute atomic E-state index is 0.0346. The standard InChI is InChI=1S/C13H22N4O3/c1-9-12(17(18)19)13(16(2)15-9)20-8-11-6-4-3-5-10(11)7-14/h10-11H,3-8,14H2,1-2H3. The molecule has 1 aliphatic rings. The SMILES string of the molecule is Cc1nn(C)c(OCC2CCCCC2CN)c1[N+](=O)[O-]. The first-order chi connectivity index (χ1) is 9.54. The number of nitrogens with two attached hydrogens (primary N) is 1. The van der Waals surface area contributed by atoms with Gasteiger partial charge < -0.3 is 10.5 Å². The summed E-state index contributed by atoms with van der Waals surface area (Å²) in [4.78, 5) is 10.6. The van der Waals surface area contributed by atoms with E-state index in [0.29, 0.717) is 30.7 Å². The van der Waals surface area contributed by atoms with Crippen LogP contribution in [-0.2, 0) is 7.05 Å². The molecule has 0 saturated heterocycles. The maximum absolute atomic E-state index is 11.1. The minimum atomic E-state index is -0.432. The Morgan fingerprint density at radius 3 is 2.70 bits per heavy atom. The summed E-state index contributed by atoms with van der Waals surface area (Å²) in [5, 5.41) is 15.1. The molecule has 2 atom stereocenters. The van der Waals surface area contributed by atoms with Crippen molar-refractivity contribution in [1.29, 1.82) is 0 Å². The fourth-order valence-corrected chi connectivity index (χ4v) is 3.00. The van der Waals surface area contributed by atoms with Crippen LogP contribution in [0.2, 0.25) is 0 Å². The van der Waals surface area contributed by atoms with Gasteiger partial charge in [-0.2, -0.15) is 5.10 Å². The summed E-state index contributed by atoms with van der Waals surface area (Å²) >= 11 is 0. The summed E-state index contributed by atoms with van der Waals surface area (Å²) < 4.78 is 7.16. The van der Waals surface area contributed by atoms with Crippen molar-refractivity contribution in [2.75, 3.05) is 13.2 Å². The topological polar surface area (TPSA) is 96.2 Å². The Balaban J connectivity index is 2.08. The fraction of sp³-hybridized carbons (Fsp3) is 0.769. The number of rotatable bonds is 5. The van der Waals surface area contributed by atoms with Crippen LogP contribution < -0.4 is 10.5 Å². The quantitative estimate of drug-likeness (QED) is 0.656. The molecule has 1 saturated carbocycles. The normalized spacial score (nSPS) is 22.8. The second kappa shape index (κ2) is 6.21. The minimum Gasteiger partial charge on any atom is -0.473 e. The molecule has 0 amide bonds. The number of hydrogen-bond acceptors (Lipinski definition) is 5. The Kier molecular flexibility index (Phi) is 4.59. The zero-order chi connectivity index (χ0) is 14.7. The van der Waals surface area contributed by atoms with Gasteiger partial charge in [-0.25, -0.2) is 4.68 Å². The molecule has 0 aliphatic heterocycles. The highest BCUT2D eigenvalue weighted by Crippen LogP contribution is 2.33. The van der Waals surface area contributed by atoms with Crippen LogP contribution in [-0.4, -0.2) is 27.9 Å². The first-order valence-corrected chi connectivity index (χ1v) is 7.05. The molecule has 20 heavy (non-hydrogen) atoms. The van der Waals surface area contributed by atoms with Crippen LogP contribution in [0, 0.1) is 28.9 Å². The van der Waals surface area contributed by atoms with E-state index in [4.69, 9.17) is 10.5 Å². The number of nitrogens with zero attached hydrogens (tertiary/aromatic N) is 3. The highest BCUT2D eigenvalue weighted by molar-refractivity contribution is 5.45. The highest BCUT2D eigenvalue weighted by Gasteiger charge is 2.29. The van der Waals surface area contributed by atoms with Crippen LogP contribution in [0.25, 0.3) is 0 Å². The Morgan fingerprint density at radius 2 is 2.10 bits per heavy atom. The molecule has 0 radical (unpaired) electrons. The number of aryl methyl sites for hydroxylation is 2. The van der Waals surface area contributed by atoms with Gasteiger partial charge in [0.05, 0.1) is 11.5 Å². The van der Waals surface area contributed by atoms with E-state index in [1.165, 1.54) is 17.5 Å². The molecule has 2 rings (SSSR count). The third-order valence-corrected chi connectivity index (χ3v) is 4.13. The van der Waals surface area contributed by atoms with E-state index in [9.17, 15) is 10.1 Å². The molecule has 0 spiro atoms. The molecular weight excluding hydrogens is 260 g/mol. The molecular formula is C13H22N4O3. The monoisotopic (exact) mass is 282 g/mol. The van der Waals surface area contributed by atoms with Crippen molar-refractivity contribution in [3.05, 3.63) is 15.8 Å². The van der Waals surface area contributed by atoms with Crippen LogP contribution in [0.15, 0.2) is 0 Å². The number of hydrogen-bond donors (Lipinski definition) is 1. The lowest BCUT2D eigenvalue weighted by atomic mass is 9.80. The maximum Gasteiger partial charge on any atom is 0.353 e. The fourth-order valence-electron chi connectivity index (χ4n) is 3.00. The Hall–Kier alpha value is -1.63. The summed E-state index contributed by atoms with van der Waals surface area (Å²) in [5.74, 6) is 1.08. The molecule has 1 aromatic heterocycles. The van der Waals surface area contributed by atoms with Gasteiger partial charge in [0.1, 0.15) is 5.69 Å². The highest BCUT2D eigenvalue weighted by atomic mass is 16.6. The zero-order valence-electron chi connectivity index (χ0n) is 12.0. The first kappa shape index (κ1) is 14.8. The van der Waals surface area contributed by atoms with Gasteiger partial charge in [0, 0.05) is 7.05 Å². The van der Waals surface area contributed by atoms with Crippen LogP contribution >= 0.6 is 0 Å². The van der Waals surface area contributed by atoms with Crippen molar-refractivity contribution in [3.8, 4) is 5.88 Å². The van der Waals surface area contributed by atoms with Crippen LogP contribution in [0.5, 0.6) is 5.88 Å². The van der Waals surface area contributed by atoms with Crippen LogP contribution in [0.4, 0.5) is 5.69 Å². The van der Waals surface area contributed by atoms with E-state index in [1.54, 1.807) is 14.0 Å². The summed E-state index contributed by atoms with van der Waals surface area (Å²) in [6.07, 6.45) is 4.59. The van der Waals surface area contributed by atoms with Gasteiger partial charge >= 0.3 is 5.69 Å². The molecule has 0 bridgehead atoms. The van der Waals surface area contributed by atoms with E-state index >= 15 is 0 Å². The average Bonchev–Trinajstić information content (AvgIpc) is 2.71. The second-order valence-corrected chi connectivity index (χ2v) is 5.47. The second-order valence-electron chi connectivity index (χ2n) is 5.47. The lowest BCUT2D eigenvalue weighted by Crippen LogP contribution is -2.31. The molecule has 1 fully saturated rings. The molecule has 2 N–H and O–H groups in total. The summed E-state index contributed by atoms with van der Waals surface area (Å²) in [6, 6.07) is 0. The lowest BCUT2D eigenvalue weighted by Gasteiger charge is -2.30. The summed E-state index contributed by atoms with van der Waals surface area (Å²) in [6.45, 7) is 2.75. The molecule has 112 valence electrons. The molecule has 7 nitrogen and oxygen atoms in total. The average molecular weight is 282 g/mol. The molecule has 7 heteroatoms. The van der Waals surface area contributed by atoms with E-state index < -0.39 is 4.92 Å². The predicted octanol–water partition coefficient (Wildman–Crippen LogP) is 1.78. The van der Waals surface area contributed by atoms with E-state index in [2.05, 4.69) is 5.10 Å². The summed E-state index contributed by atoms with van der Waals surface area (Å²) in [5.41, 5.74) is 6.14. The van der Waals surface area contributed by atoms with Crippen molar-refractivity contribution in [1.82, 2.24) is 9.78 Å². The van der Waals surface area contributed by atoms with E-state index in [1.807, 2.05) is 0 Å². The Labute approximate surface area is 118 Å². The van der Waals surface area contributed by atoms with Crippen molar-refractivity contribution in [2.45, 2.75) is 32.6 Å².